The summed E-state index contributed by atoms with van der Waals surface area (Å²) in [5.41, 5.74) is 8.05. The molecule has 2 fully saturated rings. The highest BCUT2D eigenvalue weighted by molar-refractivity contribution is 6.33. The van der Waals surface area contributed by atoms with E-state index in [0.717, 1.165) is 18.5 Å². The Morgan fingerprint density at radius 2 is 2.08 bits per heavy atom. The Hall–Kier alpha value is -2.22. The summed E-state index contributed by atoms with van der Waals surface area (Å²) >= 11 is 6.12. The number of hydrogen-bond donors (Lipinski definition) is 1. The molecule has 134 valence electrons. The Morgan fingerprint density at radius 1 is 1.23 bits per heavy atom. The van der Waals surface area contributed by atoms with E-state index in [1.165, 1.54) is 0 Å². The van der Waals surface area contributed by atoms with E-state index in [4.69, 9.17) is 26.8 Å². The van der Waals surface area contributed by atoms with Crippen LogP contribution in [0.15, 0.2) is 36.7 Å². The standard InChI is InChI=1S/C18H18ClN5O2/c19-14-13-15(23-17(20)22-14)24(10-21-13)8-18-6-12(18)7-25-16(26-9-18)11-4-2-1-3-5-11/h1-5,10,12,16H,6-9H2,(H2,20,22,23)/t12?,16?,18-/m0/s1. The number of ether oxygens (including phenoxy) is 2. The number of anilines is 1. The van der Waals surface area contributed by atoms with Crippen LogP contribution in [0.5, 0.6) is 0 Å². The Kier molecular flexibility index (Phi) is 3.63. The van der Waals surface area contributed by atoms with Gasteiger partial charge in [0.05, 0.1) is 19.5 Å². The fraction of sp³-hybridized carbons (Fsp3) is 0.389. The van der Waals surface area contributed by atoms with E-state index < -0.39 is 0 Å². The van der Waals surface area contributed by atoms with Gasteiger partial charge in [-0.3, -0.25) is 0 Å². The van der Waals surface area contributed by atoms with E-state index >= 15 is 0 Å². The molecule has 3 atom stereocenters. The first-order valence-electron chi connectivity index (χ1n) is 8.57. The van der Waals surface area contributed by atoms with Crippen LogP contribution in [0.1, 0.15) is 18.3 Å². The lowest BCUT2D eigenvalue weighted by atomic mass is 10.1. The van der Waals surface area contributed by atoms with Gasteiger partial charge in [0.15, 0.2) is 17.1 Å². The predicted octanol–water partition coefficient (Wildman–Crippen LogP) is 2.81. The zero-order valence-electron chi connectivity index (χ0n) is 14.0. The van der Waals surface area contributed by atoms with E-state index in [1.54, 1.807) is 6.33 Å². The van der Waals surface area contributed by atoms with Gasteiger partial charge in [-0.2, -0.15) is 9.97 Å². The number of benzene rings is 1. The molecule has 0 radical (unpaired) electrons. The maximum Gasteiger partial charge on any atom is 0.223 e. The average molecular weight is 372 g/mol. The third kappa shape index (κ3) is 2.63. The van der Waals surface area contributed by atoms with Gasteiger partial charge >= 0.3 is 0 Å². The number of imidazole rings is 1. The summed E-state index contributed by atoms with van der Waals surface area (Å²) in [5, 5.41) is 0.278. The fourth-order valence-corrected chi connectivity index (χ4v) is 3.98. The SMILES string of the molecule is Nc1nc(Cl)c2ncn(C[C@@]34COC(c5ccccc5)OCC3C4)c2n1. The monoisotopic (exact) mass is 371 g/mol. The van der Waals surface area contributed by atoms with Crippen LogP contribution in [0.4, 0.5) is 5.95 Å². The van der Waals surface area contributed by atoms with Gasteiger partial charge < -0.3 is 19.8 Å². The zero-order chi connectivity index (χ0) is 17.7. The molecular weight excluding hydrogens is 354 g/mol. The van der Waals surface area contributed by atoms with Crippen molar-refractivity contribution in [1.82, 2.24) is 19.5 Å². The number of hydrogen-bond acceptors (Lipinski definition) is 6. The molecule has 1 saturated heterocycles. The van der Waals surface area contributed by atoms with Crippen LogP contribution in [0.3, 0.4) is 0 Å². The highest BCUT2D eigenvalue weighted by Gasteiger charge is 2.56. The Bertz CT molecular complexity index is 963. The highest BCUT2D eigenvalue weighted by Crippen LogP contribution is 2.56. The molecule has 2 aromatic heterocycles. The minimum Gasteiger partial charge on any atom is -0.368 e. The molecule has 3 heterocycles. The molecular formula is C18H18ClN5O2. The maximum atomic E-state index is 6.12. The molecule has 1 aliphatic heterocycles. The maximum absolute atomic E-state index is 6.12. The summed E-state index contributed by atoms with van der Waals surface area (Å²) in [6, 6.07) is 10.0. The van der Waals surface area contributed by atoms with Crippen LogP contribution in [-0.4, -0.2) is 32.7 Å². The van der Waals surface area contributed by atoms with Crippen LogP contribution in [0.2, 0.25) is 5.15 Å². The third-order valence-electron chi connectivity index (χ3n) is 5.33. The molecule has 7 nitrogen and oxygen atoms in total. The molecule has 2 N–H and O–H groups in total. The smallest absolute Gasteiger partial charge is 0.223 e. The van der Waals surface area contributed by atoms with Gasteiger partial charge in [-0.05, 0) is 12.3 Å². The van der Waals surface area contributed by atoms with Crippen LogP contribution < -0.4 is 5.73 Å². The van der Waals surface area contributed by atoms with Gasteiger partial charge in [0.2, 0.25) is 5.95 Å². The van der Waals surface area contributed by atoms with Crippen molar-refractivity contribution < 1.29 is 9.47 Å². The Labute approximate surface area is 155 Å². The highest BCUT2D eigenvalue weighted by atomic mass is 35.5. The fourth-order valence-electron chi connectivity index (χ4n) is 3.76. The first-order chi connectivity index (χ1) is 12.6. The average Bonchev–Trinajstić information content (AvgIpc) is 3.21. The van der Waals surface area contributed by atoms with Gasteiger partial charge in [0, 0.05) is 17.5 Å². The molecule has 3 aromatic rings. The van der Waals surface area contributed by atoms with Crippen molar-refractivity contribution in [2.45, 2.75) is 19.3 Å². The van der Waals surface area contributed by atoms with Crippen molar-refractivity contribution in [2.75, 3.05) is 18.9 Å². The van der Waals surface area contributed by atoms with Gasteiger partial charge in [-0.1, -0.05) is 41.9 Å². The van der Waals surface area contributed by atoms with Crippen molar-refractivity contribution in [3.05, 3.63) is 47.4 Å². The number of halogens is 1. The summed E-state index contributed by atoms with van der Waals surface area (Å²) in [5.74, 6) is 0.613. The molecule has 1 aliphatic carbocycles. The van der Waals surface area contributed by atoms with Crippen LogP contribution in [-0.2, 0) is 16.0 Å². The lowest BCUT2D eigenvalue weighted by Gasteiger charge is -2.19. The molecule has 2 aliphatic rings. The van der Waals surface area contributed by atoms with Crippen LogP contribution in [0, 0.1) is 11.3 Å². The molecule has 0 bridgehead atoms. The number of nitrogens with two attached hydrogens (primary N) is 1. The van der Waals surface area contributed by atoms with Gasteiger partial charge in [0.1, 0.15) is 5.52 Å². The summed E-state index contributed by atoms with van der Waals surface area (Å²) in [6.45, 7) is 2.06. The van der Waals surface area contributed by atoms with Crippen LogP contribution in [0.25, 0.3) is 11.2 Å². The minimum absolute atomic E-state index is 0.0311. The van der Waals surface area contributed by atoms with Crippen molar-refractivity contribution in [2.24, 2.45) is 11.3 Å². The molecule has 5 rings (SSSR count). The van der Waals surface area contributed by atoms with Gasteiger partial charge in [-0.15, -0.1) is 0 Å². The summed E-state index contributed by atoms with van der Waals surface area (Å²) in [4.78, 5) is 12.6. The second kappa shape index (κ2) is 5.90. The largest absolute Gasteiger partial charge is 0.368 e. The van der Waals surface area contributed by atoms with E-state index in [1.807, 2.05) is 34.9 Å². The predicted molar refractivity (Wildman–Crippen MR) is 96.4 cm³/mol. The second-order valence-electron chi connectivity index (χ2n) is 7.07. The normalized spacial score (nSPS) is 27.9. The van der Waals surface area contributed by atoms with Gasteiger partial charge in [-0.25, -0.2) is 4.98 Å². The lowest BCUT2D eigenvalue weighted by molar-refractivity contribution is -0.142. The molecule has 1 aromatic carbocycles. The van der Waals surface area contributed by atoms with E-state index in [9.17, 15) is 0 Å². The molecule has 2 unspecified atom stereocenters. The van der Waals surface area contributed by atoms with Crippen molar-refractivity contribution in [3.63, 3.8) is 0 Å². The lowest BCUT2D eigenvalue weighted by Crippen LogP contribution is -2.20. The first-order valence-corrected chi connectivity index (χ1v) is 8.94. The Balaban J connectivity index is 1.39. The molecule has 0 amide bonds. The number of fused-ring (bicyclic) bond motifs is 2. The third-order valence-corrected chi connectivity index (χ3v) is 5.59. The zero-order valence-corrected chi connectivity index (χ0v) is 14.8. The molecule has 8 heteroatoms. The van der Waals surface area contributed by atoms with Crippen LogP contribution >= 0.6 is 11.6 Å². The number of nitrogen functional groups attached to an aromatic ring is 1. The van der Waals surface area contributed by atoms with E-state index in [-0.39, 0.29) is 22.8 Å². The number of rotatable bonds is 3. The minimum atomic E-state index is -0.312. The van der Waals surface area contributed by atoms with Crippen molar-refractivity contribution in [3.8, 4) is 0 Å². The Morgan fingerprint density at radius 3 is 2.92 bits per heavy atom. The summed E-state index contributed by atoms with van der Waals surface area (Å²) in [7, 11) is 0. The number of aromatic nitrogens is 4. The molecule has 26 heavy (non-hydrogen) atoms. The molecule has 0 spiro atoms. The van der Waals surface area contributed by atoms with E-state index in [2.05, 4.69) is 15.0 Å². The summed E-state index contributed by atoms with van der Waals surface area (Å²) in [6.07, 6.45) is 2.49. The van der Waals surface area contributed by atoms with Crippen molar-refractivity contribution in [1.29, 1.82) is 0 Å². The summed E-state index contributed by atoms with van der Waals surface area (Å²) < 4.78 is 14.1. The quantitative estimate of drug-likeness (QED) is 0.712. The topological polar surface area (TPSA) is 88.1 Å². The van der Waals surface area contributed by atoms with E-state index in [0.29, 0.717) is 30.3 Å². The number of nitrogens with zero attached hydrogens (tertiary/aromatic N) is 4. The first kappa shape index (κ1) is 16.0. The van der Waals surface area contributed by atoms with Gasteiger partial charge in [0.25, 0.3) is 0 Å². The molecule has 1 saturated carbocycles. The van der Waals surface area contributed by atoms with Crippen molar-refractivity contribution >= 4 is 28.7 Å². The second-order valence-corrected chi connectivity index (χ2v) is 7.43.